The van der Waals surface area contributed by atoms with Crippen LogP contribution in [0.2, 0.25) is 0 Å². The molecule has 0 saturated heterocycles. The number of hydrogen-bond donors (Lipinski definition) is 0. The van der Waals surface area contributed by atoms with E-state index in [1.165, 1.54) is 69.8 Å². The Balaban J connectivity index is 1.78. The number of unbranched alkanes of at least 4 members (excludes halogenated alkanes) is 4. The van der Waals surface area contributed by atoms with Crippen LogP contribution in [0.5, 0.6) is 5.75 Å². The number of rotatable bonds is 10. The first kappa shape index (κ1) is 22.5. The summed E-state index contributed by atoms with van der Waals surface area (Å²) in [4.78, 5) is 12.2. The van der Waals surface area contributed by atoms with E-state index in [1.54, 1.807) is 6.92 Å². The van der Waals surface area contributed by atoms with Crippen molar-refractivity contribution in [3.63, 3.8) is 0 Å². The fraction of sp³-hybridized carbons (Fsp3) is 0.680. The van der Waals surface area contributed by atoms with E-state index >= 15 is 0 Å². The number of hydrogen-bond acceptors (Lipinski definition) is 3. The average Bonchev–Trinajstić information content (AvgIpc) is 2.74. The molecule has 3 nitrogen and oxygen atoms in total. The molecule has 1 aromatic carbocycles. The topological polar surface area (TPSA) is 50.1 Å². The van der Waals surface area contributed by atoms with Crippen molar-refractivity contribution < 1.29 is 9.53 Å². The summed E-state index contributed by atoms with van der Waals surface area (Å²) in [5.41, 5.74) is 0.271. The first-order valence-electron chi connectivity index (χ1n) is 11.3. The molecule has 0 radical (unpaired) electrons. The lowest BCUT2D eigenvalue weighted by molar-refractivity contribution is -0.141. The van der Waals surface area contributed by atoms with Crippen molar-refractivity contribution in [1.29, 1.82) is 5.26 Å². The van der Waals surface area contributed by atoms with Gasteiger partial charge in [0.1, 0.15) is 5.75 Å². The molecule has 0 heterocycles. The third kappa shape index (κ3) is 6.36. The minimum Gasteiger partial charge on any atom is -0.425 e. The Morgan fingerprint density at radius 2 is 1.71 bits per heavy atom. The Labute approximate surface area is 171 Å². The van der Waals surface area contributed by atoms with E-state index < -0.39 is 11.4 Å². The van der Waals surface area contributed by atoms with Crippen LogP contribution in [-0.4, -0.2) is 5.97 Å². The second kappa shape index (κ2) is 11.2. The van der Waals surface area contributed by atoms with Gasteiger partial charge in [0.05, 0.1) is 6.07 Å². The summed E-state index contributed by atoms with van der Waals surface area (Å²) in [6, 6.07) is 10.00. The minimum atomic E-state index is -1.08. The summed E-state index contributed by atoms with van der Waals surface area (Å²) in [7, 11) is 0. The molecule has 154 valence electrons. The second-order valence-corrected chi connectivity index (χ2v) is 8.68. The van der Waals surface area contributed by atoms with Crippen LogP contribution in [0.3, 0.4) is 0 Å². The molecule has 1 aliphatic rings. The molecular formula is C25H37NO2. The Bertz CT molecular complexity index is 638. The van der Waals surface area contributed by atoms with Crippen LogP contribution in [-0.2, 0) is 4.79 Å². The maximum Gasteiger partial charge on any atom is 0.331 e. The maximum atomic E-state index is 12.2. The van der Waals surface area contributed by atoms with E-state index in [-0.39, 0.29) is 0 Å². The van der Waals surface area contributed by atoms with Gasteiger partial charge < -0.3 is 4.74 Å². The van der Waals surface area contributed by atoms with Gasteiger partial charge in [-0.15, -0.1) is 0 Å². The molecule has 0 amide bonds. The van der Waals surface area contributed by atoms with E-state index in [1.807, 2.05) is 19.1 Å². The van der Waals surface area contributed by atoms with Crippen molar-refractivity contribution in [1.82, 2.24) is 0 Å². The van der Waals surface area contributed by atoms with E-state index in [0.29, 0.717) is 18.1 Å². The van der Waals surface area contributed by atoms with Crippen molar-refractivity contribution in [3.05, 3.63) is 29.8 Å². The van der Waals surface area contributed by atoms with Gasteiger partial charge in [-0.05, 0) is 68.6 Å². The predicted molar refractivity (Wildman–Crippen MR) is 114 cm³/mol. The fourth-order valence-corrected chi connectivity index (χ4v) is 4.12. The zero-order chi connectivity index (χ0) is 20.4. The quantitative estimate of drug-likeness (QED) is 0.244. The van der Waals surface area contributed by atoms with Gasteiger partial charge in [-0.25, -0.2) is 4.79 Å². The zero-order valence-electron chi connectivity index (χ0n) is 18.0. The standard InChI is InChI=1S/C25H37NO2/c1-4-6-7-8-9-10-20-11-13-21(14-12-20)22-15-17-23(18-16-22)28-24(27)25(3,5-2)19-26/h15-18,20-21H,4-14H2,1-3H3. The number of carbonyl (C=O) groups excluding carboxylic acids is 1. The van der Waals surface area contributed by atoms with Gasteiger partial charge in [0, 0.05) is 0 Å². The van der Waals surface area contributed by atoms with Crippen molar-refractivity contribution >= 4 is 5.97 Å². The normalized spacial score (nSPS) is 21.5. The first-order valence-corrected chi connectivity index (χ1v) is 11.3. The largest absolute Gasteiger partial charge is 0.425 e. The number of esters is 1. The summed E-state index contributed by atoms with van der Waals surface area (Å²) in [5, 5.41) is 9.21. The van der Waals surface area contributed by atoms with Crippen molar-refractivity contribution in [2.75, 3.05) is 0 Å². The molecule has 1 aliphatic carbocycles. The summed E-state index contributed by atoms with van der Waals surface area (Å²) in [5.74, 6) is 1.60. The van der Waals surface area contributed by atoms with Crippen LogP contribution < -0.4 is 4.74 Å². The van der Waals surface area contributed by atoms with E-state index in [4.69, 9.17) is 4.74 Å². The van der Waals surface area contributed by atoms with Crippen molar-refractivity contribution in [3.8, 4) is 11.8 Å². The molecule has 0 bridgehead atoms. The summed E-state index contributed by atoms with van der Waals surface area (Å²) < 4.78 is 5.43. The predicted octanol–water partition coefficient (Wildman–Crippen LogP) is 7.17. The second-order valence-electron chi connectivity index (χ2n) is 8.68. The Morgan fingerprint density at radius 1 is 1.07 bits per heavy atom. The molecule has 0 N–H and O–H groups in total. The average molecular weight is 384 g/mol. The van der Waals surface area contributed by atoms with Gasteiger partial charge >= 0.3 is 5.97 Å². The molecule has 1 saturated carbocycles. The zero-order valence-corrected chi connectivity index (χ0v) is 18.0. The van der Waals surface area contributed by atoms with Crippen LogP contribution in [0, 0.1) is 22.7 Å². The van der Waals surface area contributed by atoms with Gasteiger partial charge in [0.25, 0.3) is 0 Å². The molecule has 2 rings (SSSR count). The first-order chi connectivity index (χ1) is 13.5. The molecule has 28 heavy (non-hydrogen) atoms. The lowest BCUT2D eigenvalue weighted by Gasteiger charge is -2.29. The van der Waals surface area contributed by atoms with Gasteiger partial charge in [-0.3, -0.25) is 0 Å². The molecule has 1 fully saturated rings. The van der Waals surface area contributed by atoms with Crippen molar-refractivity contribution in [2.24, 2.45) is 11.3 Å². The Kier molecular flexibility index (Phi) is 9.03. The highest BCUT2D eigenvalue weighted by molar-refractivity contribution is 5.81. The number of benzene rings is 1. The minimum absolute atomic E-state index is 0.447. The van der Waals surface area contributed by atoms with Gasteiger partial charge in [0.2, 0.25) is 0 Å². The Hall–Kier alpha value is -1.82. The summed E-state index contributed by atoms with van der Waals surface area (Å²) in [6.45, 7) is 5.73. The van der Waals surface area contributed by atoms with E-state index in [9.17, 15) is 10.1 Å². The number of nitrogens with zero attached hydrogens (tertiary/aromatic N) is 1. The van der Waals surface area contributed by atoms with Crippen LogP contribution in [0.25, 0.3) is 0 Å². The third-order valence-electron chi connectivity index (χ3n) is 6.53. The monoisotopic (exact) mass is 383 g/mol. The SMILES string of the molecule is CCCCCCCC1CCC(c2ccc(OC(=O)C(C)(C#N)CC)cc2)CC1. The highest BCUT2D eigenvalue weighted by Gasteiger charge is 2.33. The van der Waals surface area contributed by atoms with Crippen LogP contribution in [0.1, 0.15) is 103 Å². The fourth-order valence-electron chi connectivity index (χ4n) is 4.12. The number of carbonyl (C=O) groups is 1. The van der Waals surface area contributed by atoms with E-state index in [2.05, 4.69) is 25.1 Å². The van der Waals surface area contributed by atoms with Gasteiger partial charge in [0.15, 0.2) is 5.41 Å². The maximum absolute atomic E-state index is 12.2. The lowest BCUT2D eigenvalue weighted by atomic mass is 9.77. The van der Waals surface area contributed by atoms with Gasteiger partial charge in [-0.2, -0.15) is 5.26 Å². The molecule has 0 aliphatic heterocycles. The molecule has 1 aromatic rings. The van der Waals surface area contributed by atoms with Gasteiger partial charge in [-0.1, -0.05) is 64.5 Å². The Morgan fingerprint density at radius 3 is 2.29 bits per heavy atom. The molecule has 1 unspecified atom stereocenters. The highest BCUT2D eigenvalue weighted by Crippen LogP contribution is 2.38. The van der Waals surface area contributed by atoms with Crippen molar-refractivity contribution in [2.45, 2.75) is 97.3 Å². The summed E-state index contributed by atoms with van der Waals surface area (Å²) >= 11 is 0. The molecule has 0 aromatic heterocycles. The highest BCUT2D eigenvalue weighted by atomic mass is 16.5. The smallest absolute Gasteiger partial charge is 0.331 e. The number of nitriles is 1. The van der Waals surface area contributed by atoms with Crippen LogP contribution >= 0.6 is 0 Å². The molecule has 1 atom stereocenters. The molecular weight excluding hydrogens is 346 g/mol. The van der Waals surface area contributed by atoms with Crippen LogP contribution in [0.15, 0.2) is 24.3 Å². The summed E-state index contributed by atoms with van der Waals surface area (Å²) in [6.07, 6.45) is 14.0. The van der Waals surface area contributed by atoms with E-state index in [0.717, 1.165) is 5.92 Å². The number of ether oxygens (including phenoxy) is 1. The third-order valence-corrected chi connectivity index (χ3v) is 6.53. The molecule has 0 spiro atoms. The molecule has 3 heteroatoms. The van der Waals surface area contributed by atoms with Crippen LogP contribution in [0.4, 0.5) is 0 Å². The lowest BCUT2D eigenvalue weighted by Crippen LogP contribution is -2.29.